The van der Waals surface area contributed by atoms with Crippen LogP contribution < -0.4 is 14.8 Å². The van der Waals surface area contributed by atoms with Crippen LogP contribution in [0.25, 0.3) is 0 Å². The normalized spacial score (nSPS) is 17.0. The molecule has 2 rings (SSSR count). The minimum absolute atomic E-state index is 0.578. The van der Waals surface area contributed by atoms with Gasteiger partial charge < -0.3 is 24.6 Å². The third-order valence-corrected chi connectivity index (χ3v) is 4.19. The van der Waals surface area contributed by atoms with Gasteiger partial charge in [-0.3, -0.25) is 0 Å². The molecule has 5 heteroatoms. The number of rotatable bonds is 9. The largest absolute Gasteiger partial charge is 0.493 e. The molecule has 130 valence electrons. The molecule has 0 unspecified atom stereocenters. The molecule has 23 heavy (non-hydrogen) atoms. The standard InChI is InChI=1S/C18H29NO4/c1-3-4-9-23-17-12-15(5-6-16(17)21-2)13-19-14-18(20)7-10-22-11-8-18/h5-6,12,19-20H,3-4,7-11,13-14H2,1-2H3. The Morgan fingerprint density at radius 2 is 2.04 bits per heavy atom. The average molecular weight is 323 g/mol. The Bertz CT molecular complexity index is 472. The van der Waals surface area contributed by atoms with E-state index in [-0.39, 0.29) is 0 Å². The van der Waals surface area contributed by atoms with Crippen molar-refractivity contribution in [1.29, 1.82) is 0 Å². The van der Waals surface area contributed by atoms with E-state index in [2.05, 4.69) is 12.2 Å². The zero-order valence-electron chi connectivity index (χ0n) is 14.3. The van der Waals surface area contributed by atoms with Gasteiger partial charge in [0, 0.05) is 39.1 Å². The molecule has 1 saturated heterocycles. The molecule has 5 nitrogen and oxygen atoms in total. The second kappa shape index (κ2) is 9.11. The summed E-state index contributed by atoms with van der Waals surface area (Å²) >= 11 is 0. The van der Waals surface area contributed by atoms with E-state index >= 15 is 0 Å². The van der Waals surface area contributed by atoms with E-state index in [1.807, 2.05) is 18.2 Å². The first-order valence-corrected chi connectivity index (χ1v) is 8.47. The fraction of sp³-hybridized carbons (Fsp3) is 0.667. The van der Waals surface area contributed by atoms with Crippen LogP contribution in [0.1, 0.15) is 38.2 Å². The summed E-state index contributed by atoms with van der Waals surface area (Å²) < 4.78 is 16.5. The highest BCUT2D eigenvalue weighted by molar-refractivity contribution is 5.42. The van der Waals surface area contributed by atoms with Crippen molar-refractivity contribution < 1.29 is 19.3 Å². The molecule has 1 aliphatic rings. The van der Waals surface area contributed by atoms with Crippen LogP contribution in [0.5, 0.6) is 11.5 Å². The van der Waals surface area contributed by atoms with Crippen molar-refractivity contribution in [1.82, 2.24) is 5.32 Å². The van der Waals surface area contributed by atoms with Crippen LogP contribution in [0.2, 0.25) is 0 Å². The van der Waals surface area contributed by atoms with Crippen LogP contribution in [0.15, 0.2) is 18.2 Å². The quantitative estimate of drug-likeness (QED) is 0.684. The van der Waals surface area contributed by atoms with Crippen molar-refractivity contribution in [3.8, 4) is 11.5 Å². The maximum absolute atomic E-state index is 10.4. The first-order chi connectivity index (χ1) is 11.2. The number of hydrogen-bond donors (Lipinski definition) is 2. The van der Waals surface area contributed by atoms with E-state index in [4.69, 9.17) is 14.2 Å². The van der Waals surface area contributed by atoms with Crippen molar-refractivity contribution in [3.05, 3.63) is 23.8 Å². The lowest BCUT2D eigenvalue weighted by atomic mass is 9.94. The Hall–Kier alpha value is -1.30. The van der Waals surface area contributed by atoms with E-state index in [0.717, 1.165) is 29.9 Å². The molecule has 0 saturated carbocycles. The van der Waals surface area contributed by atoms with Gasteiger partial charge in [0.15, 0.2) is 11.5 Å². The molecule has 1 fully saturated rings. The number of methoxy groups -OCH3 is 1. The summed E-state index contributed by atoms with van der Waals surface area (Å²) in [6, 6.07) is 5.96. The summed E-state index contributed by atoms with van der Waals surface area (Å²) in [6.45, 7) is 5.38. The number of unbranched alkanes of at least 4 members (excludes halogenated alkanes) is 1. The van der Waals surface area contributed by atoms with Crippen LogP contribution >= 0.6 is 0 Å². The molecular weight excluding hydrogens is 294 g/mol. The Balaban J connectivity index is 1.87. The summed E-state index contributed by atoms with van der Waals surface area (Å²) in [5.74, 6) is 1.54. The molecule has 2 N–H and O–H groups in total. The van der Waals surface area contributed by atoms with Crippen molar-refractivity contribution in [2.75, 3.05) is 33.5 Å². The SMILES string of the molecule is CCCCOc1cc(CNCC2(O)CCOCC2)ccc1OC. The molecule has 1 heterocycles. The Morgan fingerprint density at radius 3 is 2.74 bits per heavy atom. The van der Waals surface area contributed by atoms with Crippen molar-refractivity contribution >= 4 is 0 Å². The van der Waals surface area contributed by atoms with Gasteiger partial charge >= 0.3 is 0 Å². The minimum atomic E-state index is -0.648. The minimum Gasteiger partial charge on any atom is -0.493 e. The lowest BCUT2D eigenvalue weighted by Gasteiger charge is -2.32. The summed E-state index contributed by atoms with van der Waals surface area (Å²) in [6.07, 6.45) is 3.51. The van der Waals surface area contributed by atoms with E-state index < -0.39 is 5.60 Å². The summed E-state index contributed by atoms with van der Waals surface area (Å²) in [4.78, 5) is 0. The highest BCUT2D eigenvalue weighted by Gasteiger charge is 2.29. The summed E-state index contributed by atoms with van der Waals surface area (Å²) in [5.41, 5.74) is 0.471. The molecule has 1 aromatic rings. The van der Waals surface area contributed by atoms with Gasteiger partial charge in [0.05, 0.1) is 19.3 Å². The highest BCUT2D eigenvalue weighted by Crippen LogP contribution is 2.28. The molecule has 0 spiro atoms. The maximum Gasteiger partial charge on any atom is 0.161 e. The number of benzene rings is 1. The molecule has 0 aromatic heterocycles. The topological polar surface area (TPSA) is 60.0 Å². The van der Waals surface area contributed by atoms with Gasteiger partial charge in [0.1, 0.15) is 0 Å². The highest BCUT2D eigenvalue weighted by atomic mass is 16.5. The van der Waals surface area contributed by atoms with E-state index in [0.29, 0.717) is 45.8 Å². The van der Waals surface area contributed by atoms with E-state index in [1.54, 1.807) is 7.11 Å². The third-order valence-electron chi connectivity index (χ3n) is 4.19. The zero-order chi connectivity index (χ0) is 16.5. The van der Waals surface area contributed by atoms with Gasteiger partial charge in [-0.25, -0.2) is 0 Å². The van der Waals surface area contributed by atoms with Gasteiger partial charge in [0.25, 0.3) is 0 Å². The van der Waals surface area contributed by atoms with E-state index in [1.165, 1.54) is 0 Å². The summed E-state index contributed by atoms with van der Waals surface area (Å²) in [5, 5.41) is 13.8. The first kappa shape index (κ1) is 18.0. The van der Waals surface area contributed by atoms with Crippen LogP contribution in [0.3, 0.4) is 0 Å². The molecule has 0 radical (unpaired) electrons. The molecule has 0 atom stereocenters. The van der Waals surface area contributed by atoms with Crippen molar-refractivity contribution in [3.63, 3.8) is 0 Å². The smallest absolute Gasteiger partial charge is 0.161 e. The monoisotopic (exact) mass is 323 g/mol. The fourth-order valence-electron chi connectivity index (χ4n) is 2.64. The Morgan fingerprint density at radius 1 is 1.26 bits per heavy atom. The second-order valence-electron chi connectivity index (χ2n) is 6.13. The van der Waals surface area contributed by atoms with Gasteiger partial charge in [-0.15, -0.1) is 0 Å². The molecule has 1 aliphatic heterocycles. The number of aliphatic hydroxyl groups is 1. The molecular formula is C18H29NO4. The number of hydrogen-bond acceptors (Lipinski definition) is 5. The van der Waals surface area contributed by atoms with E-state index in [9.17, 15) is 5.11 Å². The Labute approximate surface area is 138 Å². The molecule has 0 bridgehead atoms. The third kappa shape index (κ3) is 5.68. The van der Waals surface area contributed by atoms with Gasteiger partial charge in [-0.1, -0.05) is 19.4 Å². The zero-order valence-corrected chi connectivity index (χ0v) is 14.3. The van der Waals surface area contributed by atoms with Gasteiger partial charge in [0.2, 0.25) is 0 Å². The lowest BCUT2D eigenvalue weighted by Crippen LogP contribution is -2.44. The van der Waals surface area contributed by atoms with Gasteiger partial charge in [-0.2, -0.15) is 0 Å². The number of ether oxygens (including phenoxy) is 3. The lowest BCUT2D eigenvalue weighted by molar-refractivity contribution is -0.0617. The fourth-order valence-corrected chi connectivity index (χ4v) is 2.64. The molecule has 1 aromatic carbocycles. The first-order valence-electron chi connectivity index (χ1n) is 8.47. The molecule has 0 amide bonds. The number of nitrogens with one attached hydrogen (secondary N) is 1. The van der Waals surface area contributed by atoms with Crippen LogP contribution in [0, 0.1) is 0 Å². The van der Waals surface area contributed by atoms with Crippen molar-refractivity contribution in [2.24, 2.45) is 0 Å². The average Bonchev–Trinajstić information content (AvgIpc) is 2.56. The van der Waals surface area contributed by atoms with Crippen molar-refractivity contribution in [2.45, 2.75) is 44.8 Å². The van der Waals surface area contributed by atoms with Gasteiger partial charge in [-0.05, 0) is 24.1 Å². The van der Waals surface area contributed by atoms with Crippen LogP contribution in [-0.4, -0.2) is 44.2 Å². The Kier molecular flexibility index (Phi) is 7.15. The second-order valence-corrected chi connectivity index (χ2v) is 6.13. The predicted molar refractivity (Wildman–Crippen MR) is 90.1 cm³/mol. The molecule has 0 aliphatic carbocycles. The maximum atomic E-state index is 10.4. The predicted octanol–water partition coefficient (Wildman–Crippen LogP) is 2.51. The summed E-state index contributed by atoms with van der Waals surface area (Å²) in [7, 11) is 1.65. The van der Waals surface area contributed by atoms with Crippen LogP contribution in [0.4, 0.5) is 0 Å². The van der Waals surface area contributed by atoms with Crippen LogP contribution in [-0.2, 0) is 11.3 Å².